The molecule has 6 nitrogen and oxygen atoms in total. The zero-order valence-corrected chi connectivity index (χ0v) is 13.0. The number of nitrogens with zero attached hydrogens (tertiary/aromatic N) is 4. The van der Waals surface area contributed by atoms with Gasteiger partial charge in [0.15, 0.2) is 5.82 Å². The number of carbonyl (C=O) groups excluding carboxylic acids is 1. The van der Waals surface area contributed by atoms with Crippen molar-refractivity contribution in [3.63, 3.8) is 0 Å². The Morgan fingerprint density at radius 2 is 1.96 bits per heavy atom. The van der Waals surface area contributed by atoms with E-state index in [9.17, 15) is 18.0 Å². The van der Waals surface area contributed by atoms with Crippen LogP contribution in [0.5, 0.6) is 5.75 Å². The van der Waals surface area contributed by atoms with Crippen LogP contribution in [0.2, 0.25) is 0 Å². The van der Waals surface area contributed by atoms with E-state index in [0.29, 0.717) is 11.3 Å². The normalized spacial score (nSPS) is 16.6. The molecule has 3 heterocycles. The number of para-hydroxylation sites is 1. The predicted molar refractivity (Wildman–Crippen MR) is 80.4 cm³/mol. The molecule has 1 aromatic heterocycles. The van der Waals surface area contributed by atoms with Gasteiger partial charge in [0.25, 0.3) is 5.91 Å². The fraction of sp³-hybridized carbons (Fsp3) is 0.312. The minimum Gasteiger partial charge on any atom is -0.488 e. The number of rotatable bonds is 1. The molecule has 0 spiro atoms. The first kappa shape index (κ1) is 15.7. The first-order valence-electron chi connectivity index (χ1n) is 7.64. The Balaban J connectivity index is 1.56. The van der Waals surface area contributed by atoms with Crippen LogP contribution in [0, 0.1) is 0 Å². The van der Waals surface area contributed by atoms with Crippen LogP contribution < -0.4 is 4.74 Å². The average Bonchev–Trinajstić information content (AvgIpc) is 3.04. The van der Waals surface area contributed by atoms with Crippen LogP contribution in [0.1, 0.15) is 17.2 Å². The second-order valence-electron chi connectivity index (χ2n) is 5.81. The van der Waals surface area contributed by atoms with E-state index in [1.165, 1.54) is 4.90 Å². The maximum atomic E-state index is 12.9. The minimum atomic E-state index is -4.55. The molecule has 0 fully saturated rings. The highest BCUT2D eigenvalue weighted by Gasteiger charge is 2.40. The molecule has 130 valence electrons. The lowest BCUT2D eigenvalue weighted by Gasteiger charge is -2.29. The van der Waals surface area contributed by atoms with Gasteiger partial charge in [-0.1, -0.05) is 18.2 Å². The van der Waals surface area contributed by atoms with Crippen LogP contribution in [-0.4, -0.2) is 38.7 Å². The summed E-state index contributed by atoms with van der Waals surface area (Å²) in [5.41, 5.74) is 1.26. The van der Waals surface area contributed by atoms with E-state index in [1.54, 1.807) is 6.08 Å². The summed E-state index contributed by atoms with van der Waals surface area (Å²) in [7, 11) is 0. The summed E-state index contributed by atoms with van der Waals surface area (Å²) in [6.07, 6.45) is -2.80. The fourth-order valence-corrected chi connectivity index (χ4v) is 2.98. The Morgan fingerprint density at radius 1 is 1.16 bits per heavy atom. The van der Waals surface area contributed by atoms with Crippen molar-refractivity contribution in [1.82, 2.24) is 19.7 Å². The smallest absolute Gasteiger partial charge is 0.451 e. The molecule has 2 aromatic rings. The lowest BCUT2D eigenvalue weighted by molar-refractivity contribution is -0.148. The lowest BCUT2D eigenvalue weighted by atomic mass is 10.1. The highest BCUT2D eigenvalue weighted by Crippen LogP contribution is 2.30. The summed E-state index contributed by atoms with van der Waals surface area (Å²) in [4.78, 5) is 14.1. The molecule has 0 saturated heterocycles. The minimum absolute atomic E-state index is 0.00758. The monoisotopic (exact) mass is 350 g/mol. The van der Waals surface area contributed by atoms with Gasteiger partial charge in [0.2, 0.25) is 5.82 Å². The van der Waals surface area contributed by atoms with Crippen molar-refractivity contribution in [3.8, 4) is 5.75 Å². The van der Waals surface area contributed by atoms with Crippen molar-refractivity contribution in [2.75, 3.05) is 13.2 Å². The van der Waals surface area contributed by atoms with Crippen molar-refractivity contribution in [2.45, 2.75) is 19.3 Å². The van der Waals surface area contributed by atoms with Gasteiger partial charge < -0.3 is 14.2 Å². The second kappa shape index (κ2) is 5.61. The number of alkyl halides is 3. The molecule has 0 radical (unpaired) electrons. The summed E-state index contributed by atoms with van der Waals surface area (Å²) >= 11 is 0. The molecule has 0 saturated carbocycles. The van der Waals surface area contributed by atoms with Crippen LogP contribution in [0.25, 0.3) is 6.08 Å². The number of aromatic nitrogens is 3. The Hall–Kier alpha value is -2.84. The largest absolute Gasteiger partial charge is 0.488 e. The molecular weight excluding hydrogens is 337 g/mol. The van der Waals surface area contributed by atoms with Crippen molar-refractivity contribution in [2.24, 2.45) is 0 Å². The van der Waals surface area contributed by atoms with Gasteiger partial charge in [-0.25, -0.2) is 0 Å². The summed E-state index contributed by atoms with van der Waals surface area (Å²) in [5, 5.41) is 6.80. The van der Waals surface area contributed by atoms with Crippen molar-refractivity contribution in [3.05, 3.63) is 47.1 Å². The molecule has 2 aliphatic rings. The molecule has 1 amide bonds. The summed E-state index contributed by atoms with van der Waals surface area (Å²) in [6, 6.07) is 7.34. The lowest BCUT2D eigenvalue weighted by Crippen LogP contribution is -2.41. The van der Waals surface area contributed by atoms with Gasteiger partial charge >= 0.3 is 6.18 Å². The zero-order chi connectivity index (χ0) is 17.6. The van der Waals surface area contributed by atoms with Crippen molar-refractivity contribution >= 4 is 12.0 Å². The Morgan fingerprint density at radius 3 is 2.76 bits per heavy atom. The fourth-order valence-electron chi connectivity index (χ4n) is 2.98. The Bertz CT molecular complexity index is 873. The standard InChI is InChI=1S/C16H13F3N4O2/c17-16(18,19)15-21-20-13-8-22(5-6-23(13)15)14(24)11-7-10-3-1-2-4-12(10)25-9-11/h1-4,7H,5-6,8-9H2. The van der Waals surface area contributed by atoms with Gasteiger partial charge in [0, 0.05) is 18.7 Å². The molecule has 1 aromatic carbocycles. The van der Waals surface area contributed by atoms with E-state index in [4.69, 9.17) is 4.74 Å². The summed E-state index contributed by atoms with van der Waals surface area (Å²) in [5.74, 6) is -0.460. The second-order valence-corrected chi connectivity index (χ2v) is 5.81. The third-order valence-corrected chi connectivity index (χ3v) is 4.20. The van der Waals surface area contributed by atoms with Crippen molar-refractivity contribution in [1.29, 1.82) is 0 Å². The third kappa shape index (κ3) is 2.75. The number of hydrogen-bond acceptors (Lipinski definition) is 4. The van der Waals surface area contributed by atoms with Crippen LogP contribution in [0.15, 0.2) is 29.8 Å². The molecule has 0 bridgehead atoms. The molecule has 0 atom stereocenters. The predicted octanol–water partition coefficient (Wildman–Crippen LogP) is 2.12. The van der Waals surface area contributed by atoms with E-state index in [0.717, 1.165) is 10.1 Å². The number of hydrogen-bond donors (Lipinski definition) is 0. The molecule has 2 aliphatic heterocycles. The topological polar surface area (TPSA) is 60.2 Å². The highest BCUT2D eigenvalue weighted by molar-refractivity contribution is 5.99. The maximum absolute atomic E-state index is 12.9. The van der Waals surface area contributed by atoms with Crippen LogP contribution >= 0.6 is 0 Å². The van der Waals surface area contributed by atoms with Crippen LogP contribution in [0.3, 0.4) is 0 Å². The maximum Gasteiger partial charge on any atom is 0.451 e. The van der Waals surface area contributed by atoms with Gasteiger partial charge in [0.05, 0.1) is 12.1 Å². The first-order chi connectivity index (χ1) is 11.9. The zero-order valence-electron chi connectivity index (χ0n) is 13.0. The quantitative estimate of drug-likeness (QED) is 0.790. The van der Waals surface area contributed by atoms with Gasteiger partial charge in [-0.2, -0.15) is 13.2 Å². The molecule has 0 aliphatic carbocycles. The Kier molecular flexibility index (Phi) is 3.52. The number of fused-ring (bicyclic) bond motifs is 2. The third-order valence-electron chi connectivity index (χ3n) is 4.20. The van der Waals surface area contributed by atoms with E-state index in [1.807, 2.05) is 24.3 Å². The first-order valence-corrected chi connectivity index (χ1v) is 7.64. The molecular formula is C16H13F3N4O2. The van der Waals surface area contributed by atoms with E-state index in [-0.39, 0.29) is 38.0 Å². The Labute approximate surface area is 140 Å². The number of benzene rings is 1. The van der Waals surface area contributed by atoms with Crippen LogP contribution in [0.4, 0.5) is 13.2 Å². The van der Waals surface area contributed by atoms with E-state index in [2.05, 4.69) is 10.2 Å². The average molecular weight is 350 g/mol. The molecule has 0 unspecified atom stereocenters. The number of ether oxygens (including phenoxy) is 1. The van der Waals surface area contributed by atoms with Crippen LogP contribution in [-0.2, 0) is 24.1 Å². The number of halogens is 3. The molecule has 9 heteroatoms. The number of amides is 1. The molecule has 25 heavy (non-hydrogen) atoms. The van der Waals surface area contributed by atoms with Gasteiger partial charge in [-0.05, 0) is 12.1 Å². The van der Waals surface area contributed by atoms with Gasteiger partial charge in [0.1, 0.15) is 12.4 Å². The van der Waals surface area contributed by atoms with Crippen molar-refractivity contribution < 1.29 is 22.7 Å². The van der Waals surface area contributed by atoms with E-state index >= 15 is 0 Å². The summed E-state index contributed by atoms with van der Waals surface area (Å²) < 4.78 is 45.2. The summed E-state index contributed by atoms with van der Waals surface area (Å²) in [6.45, 7) is 0.285. The SMILES string of the molecule is O=C(C1=Cc2ccccc2OC1)N1CCn2c(nnc2C(F)(F)F)C1. The molecule has 4 rings (SSSR count). The molecule has 0 N–H and O–H groups in total. The number of carbonyl (C=O) groups is 1. The highest BCUT2D eigenvalue weighted by atomic mass is 19.4. The van der Waals surface area contributed by atoms with Gasteiger partial charge in [-0.3, -0.25) is 4.79 Å². The van der Waals surface area contributed by atoms with E-state index < -0.39 is 12.0 Å². The van der Waals surface area contributed by atoms with Gasteiger partial charge in [-0.15, -0.1) is 10.2 Å².